The summed E-state index contributed by atoms with van der Waals surface area (Å²) in [4.78, 5) is 23.2. The average Bonchev–Trinajstić information content (AvgIpc) is 2.27. The number of rotatable bonds is 4. The van der Waals surface area contributed by atoms with Gasteiger partial charge in [0.05, 0.1) is 5.56 Å². The van der Waals surface area contributed by atoms with Crippen LogP contribution in [0.5, 0.6) is 5.75 Å². The number of hydrogen-bond donors (Lipinski definition) is 2. The Bertz CT molecular complexity index is 442. The first-order valence-corrected chi connectivity index (χ1v) is 5.70. The van der Waals surface area contributed by atoms with E-state index in [1.165, 1.54) is 31.2 Å². The highest BCUT2D eigenvalue weighted by atomic mass is 16.5. The molecule has 1 atom stereocenters. The molecule has 0 saturated carbocycles. The first kappa shape index (κ1) is 14.0. The average molecular weight is 251 g/mol. The molecule has 2 N–H and O–H groups in total. The summed E-state index contributed by atoms with van der Waals surface area (Å²) < 4.78 is 4.99. The third-order valence-corrected chi connectivity index (χ3v) is 2.17. The Morgan fingerprint density at radius 1 is 1.28 bits per heavy atom. The molecule has 0 bridgehead atoms. The van der Waals surface area contributed by atoms with Crippen LogP contribution in [0, 0.1) is 0 Å². The van der Waals surface area contributed by atoms with Crippen molar-refractivity contribution in [1.29, 1.82) is 0 Å². The molecule has 1 amide bonds. The van der Waals surface area contributed by atoms with E-state index in [-0.39, 0.29) is 23.3 Å². The largest absolute Gasteiger partial charge is 0.508 e. The Morgan fingerprint density at radius 2 is 1.94 bits per heavy atom. The first-order valence-electron chi connectivity index (χ1n) is 5.70. The van der Waals surface area contributed by atoms with Gasteiger partial charge in [0.1, 0.15) is 5.75 Å². The number of carbonyl (C=O) groups excluding carboxylic acids is 2. The Hall–Kier alpha value is -2.04. The summed E-state index contributed by atoms with van der Waals surface area (Å²) >= 11 is 0. The number of hydrogen-bond acceptors (Lipinski definition) is 4. The summed E-state index contributed by atoms with van der Waals surface area (Å²) in [6.45, 7) is 5.14. The number of benzene rings is 1. The number of phenolic OH excluding ortho intramolecular Hbond substituents is 1. The van der Waals surface area contributed by atoms with Crippen LogP contribution >= 0.6 is 0 Å². The van der Waals surface area contributed by atoms with Crippen molar-refractivity contribution in [2.45, 2.75) is 32.9 Å². The van der Waals surface area contributed by atoms with Gasteiger partial charge in [-0.3, -0.25) is 4.79 Å². The van der Waals surface area contributed by atoms with Gasteiger partial charge in [-0.05, 0) is 39.0 Å². The molecule has 0 spiro atoms. The number of esters is 1. The predicted molar refractivity (Wildman–Crippen MR) is 66.3 cm³/mol. The molecular formula is C13H17NO4. The molecule has 0 heterocycles. The molecule has 1 unspecified atom stereocenters. The van der Waals surface area contributed by atoms with Crippen molar-refractivity contribution in [3.63, 3.8) is 0 Å². The fourth-order valence-electron chi connectivity index (χ4n) is 1.32. The van der Waals surface area contributed by atoms with Crippen LogP contribution in [0.4, 0.5) is 0 Å². The highest BCUT2D eigenvalue weighted by Gasteiger charge is 2.19. The van der Waals surface area contributed by atoms with E-state index < -0.39 is 12.1 Å². The molecular weight excluding hydrogens is 234 g/mol. The number of nitrogens with one attached hydrogen (secondary N) is 1. The van der Waals surface area contributed by atoms with Crippen LogP contribution < -0.4 is 5.32 Å². The van der Waals surface area contributed by atoms with E-state index in [4.69, 9.17) is 4.74 Å². The number of aromatic hydroxyl groups is 1. The van der Waals surface area contributed by atoms with Gasteiger partial charge in [0, 0.05) is 6.04 Å². The van der Waals surface area contributed by atoms with Crippen LogP contribution in [0.3, 0.4) is 0 Å². The van der Waals surface area contributed by atoms with Crippen molar-refractivity contribution in [3.05, 3.63) is 29.8 Å². The van der Waals surface area contributed by atoms with Crippen molar-refractivity contribution in [2.24, 2.45) is 0 Å². The molecule has 0 saturated heterocycles. The molecule has 1 rings (SSSR count). The van der Waals surface area contributed by atoms with Crippen molar-refractivity contribution in [3.8, 4) is 5.75 Å². The van der Waals surface area contributed by atoms with Crippen molar-refractivity contribution >= 4 is 11.9 Å². The molecule has 5 nitrogen and oxygen atoms in total. The zero-order valence-electron chi connectivity index (χ0n) is 10.6. The fraction of sp³-hybridized carbons (Fsp3) is 0.385. The molecule has 18 heavy (non-hydrogen) atoms. The molecule has 0 aromatic heterocycles. The lowest BCUT2D eigenvalue weighted by atomic mass is 10.2. The standard InChI is InChI=1S/C13H17NO4/c1-8(2)14-12(16)9(3)18-13(17)10-5-4-6-11(15)7-10/h4-9,15H,1-3H3,(H,14,16). The molecule has 0 aliphatic rings. The first-order chi connectivity index (χ1) is 8.40. The van der Waals surface area contributed by atoms with Crippen molar-refractivity contribution < 1.29 is 19.4 Å². The molecule has 5 heteroatoms. The Kier molecular flexibility index (Phi) is 4.71. The van der Waals surface area contributed by atoms with E-state index in [1.54, 1.807) is 0 Å². The molecule has 0 radical (unpaired) electrons. The SMILES string of the molecule is CC(C)NC(=O)C(C)OC(=O)c1cccc(O)c1. The quantitative estimate of drug-likeness (QED) is 0.794. The second kappa shape index (κ2) is 6.05. The predicted octanol–water partition coefficient (Wildman–Crippen LogP) is 1.46. The van der Waals surface area contributed by atoms with Gasteiger partial charge in [-0.25, -0.2) is 4.79 Å². The van der Waals surface area contributed by atoms with E-state index in [9.17, 15) is 14.7 Å². The number of ether oxygens (including phenoxy) is 1. The topological polar surface area (TPSA) is 75.6 Å². The number of phenols is 1. The van der Waals surface area contributed by atoms with Gasteiger partial charge in [-0.2, -0.15) is 0 Å². The van der Waals surface area contributed by atoms with Gasteiger partial charge >= 0.3 is 5.97 Å². The van der Waals surface area contributed by atoms with E-state index >= 15 is 0 Å². The maximum Gasteiger partial charge on any atom is 0.339 e. The molecule has 0 aliphatic heterocycles. The number of amides is 1. The summed E-state index contributed by atoms with van der Waals surface area (Å²) in [6, 6.07) is 5.76. The second-order valence-corrected chi connectivity index (χ2v) is 4.26. The van der Waals surface area contributed by atoms with Gasteiger partial charge < -0.3 is 15.2 Å². The lowest BCUT2D eigenvalue weighted by molar-refractivity contribution is -0.129. The van der Waals surface area contributed by atoms with E-state index in [1.807, 2.05) is 13.8 Å². The van der Waals surface area contributed by atoms with Gasteiger partial charge in [0.25, 0.3) is 5.91 Å². The normalized spacial score (nSPS) is 12.0. The molecule has 98 valence electrons. The van der Waals surface area contributed by atoms with Crippen molar-refractivity contribution in [2.75, 3.05) is 0 Å². The Morgan fingerprint density at radius 3 is 2.50 bits per heavy atom. The van der Waals surface area contributed by atoms with E-state index in [0.717, 1.165) is 0 Å². The van der Waals surface area contributed by atoms with Gasteiger partial charge in [-0.1, -0.05) is 6.07 Å². The highest BCUT2D eigenvalue weighted by Crippen LogP contribution is 2.12. The molecule has 1 aromatic carbocycles. The van der Waals surface area contributed by atoms with Crippen LogP contribution in [0.15, 0.2) is 24.3 Å². The van der Waals surface area contributed by atoms with Crippen LogP contribution in [-0.4, -0.2) is 29.1 Å². The fourth-order valence-corrected chi connectivity index (χ4v) is 1.32. The van der Waals surface area contributed by atoms with Crippen LogP contribution in [-0.2, 0) is 9.53 Å². The molecule has 1 aromatic rings. The van der Waals surface area contributed by atoms with Crippen LogP contribution in [0.2, 0.25) is 0 Å². The minimum absolute atomic E-state index is 0.0144. The third-order valence-electron chi connectivity index (χ3n) is 2.17. The van der Waals surface area contributed by atoms with E-state index in [0.29, 0.717) is 0 Å². The van der Waals surface area contributed by atoms with E-state index in [2.05, 4.69) is 5.32 Å². The summed E-state index contributed by atoms with van der Waals surface area (Å²) in [5.74, 6) is -1.01. The second-order valence-electron chi connectivity index (χ2n) is 4.26. The van der Waals surface area contributed by atoms with Gasteiger partial charge in [0.15, 0.2) is 6.10 Å². The van der Waals surface area contributed by atoms with Gasteiger partial charge in [-0.15, -0.1) is 0 Å². The lowest BCUT2D eigenvalue weighted by Crippen LogP contribution is -2.39. The lowest BCUT2D eigenvalue weighted by Gasteiger charge is -2.15. The monoisotopic (exact) mass is 251 g/mol. The Labute approximate surface area is 106 Å². The third kappa shape index (κ3) is 4.08. The minimum Gasteiger partial charge on any atom is -0.508 e. The Balaban J connectivity index is 2.62. The molecule has 0 aliphatic carbocycles. The van der Waals surface area contributed by atoms with Crippen LogP contribution in [0.1, 0.15) is 31.1 Å². The summed E-state index contributed by atoms with van der Waals surface area (Å²) in [7, 11) is 0. The summed E-state index contributed by atoms with van der Waals surface area (Å²) in [5, 5.41) is 11.9. The maximum absolute atomic E-state index is 11.7. The minimum atomic E-state index is -0.873. The highest BCUT2D eigenvalue weighted by molar-refractivity contribution is 5.92. The maximum atomic E-state index is 11.7. The van der Waals surface area contributed by atoms with Crippen LogP contribution in [0.25, 0.3) is 0 Å². The molecule has 0 fully saturated rings. The van der Waals surface area contributed by atoms with Gasteiger partial charge in [0.2, 0.25) is 0 Å². The zero-order chi connectivity index (χ0) is 13.7. The zero-order valence-corrected chi connectivity index (χ0v) is 10.6. The summed E-state index contributed by atoms with van der Waals surface area (Å²) in [5.41, 5.74) is 0.208. The smallest absolute Gasteiger partial charge is 0.339 e. The van der Waals surface area contributed by atoms with Crippen molar-refractivity contribution in [1.82, 2.24) is 5.32 Å². The number of carbonyl (C=O) groups is 2. The summed E-state index contributed by atoms with van der Waals surface area (Å²) in [6.07, 6.45) is -0.873.